The van der Waals surface area contributed by atoms with E-state index in [0.717, 1.165) is 72.0 Å². The standard InChI is InChI=1S/C30H45NO3SSi/c1-20-12-14-22(15-13-20)29(33)31(27-25-10-8-9-11-26(25)35-28(27)21(2)32)23-16-18-24(19-17-23)34-36(6,7)30(3,4)5/h8-11,20,22-24H,12-19H2,1-7H3. The van der Waals surface area contributed by atoms with Crippen LogP contribution in [0.1, 0.15) is 95.7 Å². The number of benzene rings is 1. The van der Waals surface area contributed by atoms with Gasteiger partial charge in [0.2, 0.25) is 5.91 Å². The maximum absolute atomic E-state index is 14.3. The number of amides is 1. The van der Waals surface area contributed by atoms with Crippen LogP contribution < -0.4 is 4.90 Å². The Labute approximate surface area is 222 Å². The summed E-state index contributed by atoms with van der Waals surface area (Å²) in [5, 5.41) is 1.24. The molecule has 198 valence electrons. The van der Waals surface area contributed by atoms with Crippen LogP contribution in [0.15, 0.2) is 24.3 Å². The first kappa shape index (κ1) is 27.5. The number of carbonyl (C=O) groups is 2. The molecular weight excluding hydrogens is 482 g/mol. The molecule has 0 unspecified atom stereocenters. The molecule has 0 N–H and O–H groups in total. The van der Waals surface area contributed by atoms with E-state index >= 15 is 0 Å². The molecule has 6 heteroatoms. The Kier molecular flexibility index (Phi) is 8.18. The van der Waals surface area contributed by atoms with Gasteiger partial charge in [0.05, 0.1) is 10.6 Å². The minimum absolute atomic E-state index is 0.0520. The van der Waals surface area contributed by atoms with Crippen LogP contribution in [0.4, 0.5) is 5.69 Å². The number of anilines is 1. The van der Waals surface area contributed by atoms with E-state index in [-0.39, 0.29) is 34.8 Å². The third kappa shape index (κ3) is 5.66. The van der Waals surface area contributed by atoms with E-state index in [0.29, 0.717) is 5.92 Å². The molecule has 1 aromatic carbocycles. The van der Waals surface area contributed by atoms with Gasteiger partial charge in [-0.2, -0.15) is 0 Å². The van der Waals surface area contributed by atoms with Crippen LogP contribution >= 0.6 is 11.3 Å². The van der Waals surface area contributed by atoms with Crippen molar-refractivity contribution in [3.8, 4) is 0 Å². The van der Waals surface area contributed by atoms with E-state index in [9.17, 15) is 9.59 Å². The zero-order valence-corrected chi connectivity index (χ0v) is 25.2. The van der Waals surface area contributed by atoms with Gasteiger partial charge in [-0.05, 0) is 81.5 Å². The van der Waals surface area contributed by atoms with E-state index in [1.54, 1.807) is 6.92 Å². The lowest BCUT2D eigenvalue weighted by Gasteiger charge is -2.43. The molecule has 0 radical (unpaired) electrons. The SMILES string of the molecule is CC(=O)c1sc2ccccc2c1N(C(=O)C1CCC(C)CC1)C1CCC(O[Si](C)(C)C(C)(C)C)CC1. The molecule has 0 spiro atoms. The average molecular weight is 528 g/mol. The number of fused-ring (bicyclic) bond motifs is 1. The largest absolute Gasteiger partial charge is 0.414 e. The first-order valence-electron chi connectivity index (χ1n) is 13.9. The minimum Gasteiger partial charge on any atom is -0.414 e. The maximum atomic E-state index is 14.3. The Bertz CT molecular complexity index is 1090. The van der Waals surface area contributed by atoms with Gasteiger partial charge in [-0.3, -0.25) is 9.59 Å². The molecule has 2 aliphatic carbocycles. The predicted octanol–water partition coefficient (Wildman–Crippen LogP) is 8.60. The Morgan fingerprint density at radius 3 is 2.17 bits per heavy atom. The second-order valence-corrected chi connectivity index (χ2v) is 18.6. The van der Waals surface area contributed by atoms with Crippen molar-refractivity contribution in [2.24, 2.45) is 11.8 Å². The van der Waals surface area contributed by atoms with Crippen LogP contribution in [0.5, 0.6) is 0 Å². The summed E-state index contributed by atoms with van der Waals surface area (Å²) in [5.41, 5.74) is 0.875. The molecule has 36 heavy (non-hydrogen) atoms. The summed E-state index contributed by atoms with van der Waals surface area (Å²) in [7, 11) is -1.83. The summed E-state index contributed by atoms with van der Waals surface area (Å²) in [6.45, 7) is 15.5. The van der Waals surface area contributed by atoms with Gasteiger partial charge in [0, 0.05) is 35.1 Å². The Balaban J connectivity index is 1.65. The highest BCUT2D eigenvalue weighted by atomic mass is 32.1. The first-order chi connectivity index (χ1) is 16.9. The molecule has 2 aromatic rings. The number of carbonyl (C=O) groups excluding carboxylic acids is 2. The third-order valence-electron chi connectivity index (χ3n) is 9.01. The second kappa shape index (κ2) is 10.7. The molecule has 0 bridgehead atoms. The highest BCUT2D eigenvalue weighted by molar-refractivity contribution is 7.21. The lowest BCUT2D eigenvalue weighted by molar-refractivity contribution is -0.124. The van der Waals surface area contributed by atoms with Crippen LogP contribution in [0, 0.1) is 11.8 Å². The molecule has 2 fully saturated rings. The molecule has 0 aliphatic heterocycles. The van der Waals surface area contributed by atoms with Gasteiger partial charge in [-0.15, -0.1) is 11.3 Å². The van der Waals surface area contributed by atoms with Gasteiger partial charge in [0.1, 0.15) is 0 Å². The van der Waals surface area contributed by atoms with Gasteiger partial charge in [0.15, 0.2) is 14.1 Å². The van der Waals surface area contributed by atoms with Crippen molar-refractivity contribution in [3.05, 3.63) is 29.1 Å². The number of Topliss-reactive ketones (excluding diaryl/α,β-unsaturated/α-hetero) is 1. The summed E-state index contributed by atoms with van der Waals surface area (Å²) in [6, 6.07) is 8.32. The molecular formula is C30H45NO3SSi. The first-order valence-corrected chi connectivity index (χ1v) is 17.6. The van der Waals surface area contributed by atoms with Crippen molar-refractivity contribution >= 4 is 47.1 Å². The molecule has 4 rings (SSSR count). The fourth-order valence-corrected chi connectivity index (χ4v) is 8.21. The van der Waals surface area contributed by atoms with Crippen molar-refractivity contribution in [2.75, 3.05) is 4.90 Å². The minimum atomic E-state index is -1.83. The summed E-state index contributed by atoms with van der Waals surface area (Å²) < 4.78 is 7.85. The average Bonchev–Trinajstić information content (AvgIpc) is 3.19. The normalized spacial score (nSPS) is 25.6. The molecule has 4 nitrogen and oxygen atoms in total. The third-order valence-corrected chi connectivity index (χ3v) is 14.8. The van der Waals surface area contributed by atoms with Gasteiger partial charge in [-0.1, -0.05) is 45.9 Å². The predicted molar refractivity (Wildman–Crippen MR) is 155 cm³/mol. The van der Waals surface area contributed by atoms with Gasteiger partial charge in [-0.25, -0.2) is 0 Å². The highest BCUT2D eigenvalue weighted by Crippen LogP contribution is 2.44. The maximum Gasteiger partial charge on any atom is 0.230 e. The lowest BCUT2D eigenvalue weighted by Crippen LogP contribution is -2.49. The van der Waals surface area contributed by atoms with E-state index in [1.807, 2.05) is 12.1 Å². The van der Waals surface area contributed by atoms with Crippen molar-refractivity contribution in [1.82, 2.24) is 0 Å². The van der Waals surface area contributed by atoms with Crippen molar-refractivity contribution < 1.29 is 14.0 Å². The van der Waals surface area contributed by atoms with Gasteiger partial charge >= 0.3 is 0 Å². The molecule has 0 saturated heterocycles. The number of hydrogen-bond donors (Lipinski definition) is 0. The molecule has 1 amide bonds. The van der Waals surface area contributed by atoms with E-state index in [2.05, 4.69) is 57.8 Å². The Hall–Kier alpha value is -1.50. The fraction of sp³-hybridized carbons (Fsp3) is 0.667. The zero-order chi connectivity index (χ0) is 26.3. The van der Waals surface area contributed by atoms with Crippen molar-refractivity contribution in [2.45, 2.75) is 116 Å². The van der Waals surface area contributed by atoms with Crippen LogP contribution in [0.25, 0.3) is 10.1 Å². The molecule has 1 heterocycles. The monoisotopic (exact) mass is 527 g/mol. The van der Waals surface area contributed by atoms with Crippen LogP contribution in [0.2, 0.25) is 18.1 Å². The van der Waals surface area contributed by atoms with Gasteiger partial charge < -0.3 is 9.33 Å². The number of thiophene rings is 1. The topological polar surface area (TPSA) is 46.6 Å². The molecule has 2 aliphatic rings. The molecule has 2 saturated carbocycles. The summed E-state index contributed by atoms with van der Waals surface area (Å²) in [6.07, 6.45) is 8.20. The Morgan fingerprint density at radius 1 is 0.972 bits per heavy atom. The van der Waals surface area contributed by atoms with Gasteiger partial charge in [0.25, 0.3) is 0 Å². The van der Waals surface area contributed by atoms with E-state index in [1.165, 1.54) is 11.3 Å². The fourth-order valence-electron chi connectivity index (χ4n) is 5.70. The van der Waals surface area contributed by atoms with E-state index < -0.39 is 8.32 Å². The number of hydrogen-bond acceptors (Lipinski definition) is 4. The quantitative estimate of drug-likeness (QED) is 0.279. The lowest BCUT2D eigenvalue weighted by atomic mass is 9.81. The van der Waals surface area contributed by atoms with Crippen LogP contribution in [-0.2, 0) is 9.22 Å². The van der Waals surface area contributed by atoms with E-state index in [4.69, 9.17) is 4.43 Å². The summed E-state index contributed by atoms with van der Waals surface area (Å²) in [4.78, 5) is 29.9. The van der Waals surface area contributed by atoms with Crippen LogP contribution in [-0.4, -0.2) is 32.2 Å². The smallest absolute Gasteiger partial charge is 0.230 e. The summed E-state index contributed by atoms with van der Waals surface area (Å²) in [5.74, 6) is 1.04. The molecule has 1 aromatic heterocycles. The van der Waals surface area contributed by atoms with Crippen molar-refractivity contribution in [1.29, 1.82) is 0 Å². The highest BCUT2D eigenvalue weighted by Gasteiger charge is 2.42. The second-order valence-electron chi connectivity index (χ2n) is 12.8. The molecule has 0 atom stereocenters. The zero-order valence-electron chi connectivity index (χ0n) is 23.4. The van der Waals surface area contributed by atoms with Crippen LogP contribution in [0.3, 0.4) is 0 Å². The number of rotatable bonds is 6. The Morgan fingerprint density at radius 2 is 1.58 bits per heavy atom. The van der Waals surface area contributed by atoms with Crippen molar-refractivity contribution in [3.63, 3.8) is 0 Å². The summed E-state index contributed by atoms with van der Waals surface area (Å²) >= 11 is 1.54. The number of nitrogens with zero attached hydrogens (tertiary/aromatic N) is 1. The number of ketones is 1.